The summed E-state index contributed by atoms with van der Waals surface area (Å²) >= 11 is 6.50. The minimum absolute atomic E-state index is 0.822. The molecular formula is C13H16INOS2Te. The molecule has 104 valence electrons. The Morgan fingerprint density at radius 2 is 1.79 bits per heavy atom. The molecule has 2 aliphatic rings. The molecule has 2 heterocycles. The fourth-order valence-electron chi connectivity index (χ4n) is 2.34. The van der Waals surface area contributed by atoms with Crippen LogP contribution in [0.1, 0.15) is 11.1 Å². The average molecular weight is 521 g/mol. The Balaban J connectivity index is 1.65. The zero-order valence-electron chi connectivity index (χ0n) is 10.5. The van der Waals surface area contributed by atoms with Crippen molar-refractivity contribution in [3.05, 3.63) is 35.4 Å². The van der Waals surface area contributed by atoms with Gasteiger partial charge in [-0.25, -0.2) is 0 Å². The Labute approximate surface area is 136 Å². The van der Waals surface area contributed by atoms with Crippen molar-refractivity contribution >= 4 is 57.1 Å². The summed E-state index contributed by atoms with van der Waals surface area (Å²) in [5.74, 6) is 0. The summed E-state index contributed by atoms with van der Waals surface area (Å²) in [6.07, 6.45) is 0. The summed E-state index contributed by atoms with van der Waals surface area (Å²) in [6, 6.07) is 8.91. The Bertz CT molecular complexity index is 468. The van der Waals surface area contributed by atoms with Crippen molar-refractivity contribution in [2.75, 3.05) is 26.3 Å². The number of rotatable bonds is 1. The molecule has 0 aliphatic carbocycles. The first kappa shape index (κ1) is 14.9. The van der Waals surface area contributed by atoms with Crippen molar-refractivity contribution in [3.8, 4) is 0 Å². The zero-order valence-corrected chi connectivity index (χ0v) is 16.6. The fourth-order valence-corrected chi connectivity index (χ4v) is 26.5. The summed E-state index contributed by atoms with van der Waals surface area (Å²) in [4.78, 5) is 2.33. The molecule has 0 radical (unpaired) electrons. The van der Waals surface area contributed by atoms with Crippen molar-refractivity contribution in [1.29, 1.82) is 0 Å². The molecule has 0 N–H and O–H groups in total. The van der Waals surface area contributed by atoms with E-state index in [-0.39, 0.29) is 0 Å². The molecule has 0 aromatic heterocycles. The van der Waals surface area contributed by atoms with E-state index in [1.54, 1.807) is 11.1 Å². The van der Waals surface area contributed by atoms with E-state index in [0.29, 0.717) is 0 Å². The molecular weight excluding hydrogens is 505 g/mol. The van der Waals surface area contributed by atoms with Crippen LogP contribution in [0.5, 0.6) is 0 Å². The predicted octanol–water partition coefficient (Wildman–Crippen LogP) is 3.09. The van der Waals surface area contributed by atoms with Gasteiger partial charge >= 0.3 is 137 Å². The SMILES string of the molecule is S=C(S[Te]1(I)Cc2ccccc2C1)N1CCOCC1. The first-order valence-electron chi connectivity index (χ1n) is 6.27. The molecule has 1 aromatic carbocycles. The van der Waals surface area contributed by atoms with E-state index in [4.69, 9.17) is 17.0 Å². The number of benzene rings is 1. The normalized spacial score (nSPS) is 22.9. The summed E-state index contributed by atoms with van der Waals surface area (Å²) in [5.41, 5.74) is 3.13. The molecule has 6 heteroatoms. The molecule has 19 heavy (non-hydrogen) atoms. The second kappa shape index (κ2) is 6.37. The Morgan fingerprint density at radius 3 is 2.37 bits per heavy atom. The van der Waals surface area contributed by atoms with Crippen LogP contribution in [0, 0.1) is 0 Å². The number of morpholine rings is 1. The summed E-state index contributed by atoms with van der Waals surface area (Å²) in [6.45, 7) is 3.58. The monoisotopic (exact) mass is 523 g/mol. The molecule has 0 bridgehead atoms. The number of hydrogen-bond acceptors (Lipinski definition) is 3. The van der Waals surface area contributed by atoms with Gasteiger partial charge in [-0.15, -0.1) is 0 Å². The average Bonchev–Trinajstić information content (AvgIpc) is 2.75. The van der Waals surface area contributed by atoms with Crippen LogP contribution in [0.4, 0.5) is 0 Å². The van der Waals surface area contributed by atoms with Crippen LogP contribution in [0.3, 0.4) is 0 Å². The van der Waals surface area contributed by atoms with E-state index >= 15 is 0 Å². The van der Waals surface area contributed by atoms with Gasteiger partial charge in [0.2, 0.25) is 0 Å². The van der Waals surface area contributed by atoms with Gasteiger partial charge in [0.25, 0.3) is 0 Å². The number of hydrogen-bond donors (Lipinski definition) is 0. The van der Waals surface area contributed by atoms with E-state index in [9.17, 15) is 0 Å². The van der Waals surface area contributed by atoms with Gasteiger partial charge in [-0.1, -0.05) is 0 Å². The maximum atomic E-state index is 5.67. The van der Waals surface area contributed by atoms with Crippen LogP contribution in [-0.2, 0) is 13.7 Å². The first-order chi connectivity index (χ1) is 9.16. The molecule has 0 saturated carbocycles. The van der Waals surface area contributed by atoms with Crippen LogP contribution < -0.4 is 0 Å². The summed E-state index contributed by atoms with van der Waals surface area (Å²) in [7, 11) is 2.05. The molecule has 1 aromatic rings. The van der Waals surface area contributed by atoms with Crippen molar-refractivity contribution in [2.24, 2.45) is 0 Å². The van der Waals surface area contributed by atoms with Crippen LogP contribution >= 0.6 is 39.9 Å². The van der Waals surface area contributed by atoms with Gasteiger partial charge in [-0.05, 0) is 0 Å². The van der Waals surface area contributed by atoms with E-state index in [0.717, 1.165) is 30.6 Å². The zero-order chi connectivity index (χ0) is 13.3. The van der Waals surface area contributed by atoms with Crippen LogP contribution in [0.15, 0.2) is 24.3 Å². The summed E-state index contributed by atoms with van der Waals surface area (Å²) < 4.78 is 9.12. The van der Waals surface area contributed by atoms with Gasteiger partial charge in [0, 0.05) is 0 Å². The Kier molecular flexibility index (Phi) is 4.98. The molecule has 2 nitrogen and oxygen atoms in total. The third kappa shape index (κ3) is 3.58. The standard InChI is InChI=1S/C13H16INOS2Te/c14-19(9-11-3-1-2-4-12(11)10-19)18-13(17)15-5-7-16-8-6-15/h1-4H,5-10H2. The van der Waals surface area contributed by atoms with Gasteiger partial charge < -0.3 is 0 Å². The molecule has 0 spiro atoms. The molecule has 3 rings (SSSR count). The van der Waals surface area contributed by atoms with Crippen molar-refractivity contribution in [1.82, 2.24) is 4.90 Å². The number of ether oxygens (including phenoxy) is 1. The molecule has 0 atom stereocenters. The quantitative estimate of drug-likeness (QED) is 0.320. The van der Waals surface area contributed by atoms with Crippen molar-refractivity contribution < 1.29 is 4.74 Å². The van der Waals surface area contributed by atoms with Gasteiger partial charge in [0.15, 0.2) is 0 Å². The van der Waals surface area contributed by atoms with Gasteiger partial charge in [0.1, 0.15) is 0 Å². The van der Waals surface area contributed by atoms with E-state index in [1.807, 2.05) is 0 Å². The third-order valence-corrected chi connectivity index (χ3v) is 23.1. The molecule has 1 fully saturated rings. The van der Waals surface area contributed by atoms with E-state index in [1.165, 1.54) is 8.94 Å². The molecule has 1 saturated heterocycles. The van der Waals surface area contributed by atoms with Crippen LogP contribution in [-0.4, -0.2) is 48.4 Å². The van der Waals surface area contributed by atoms with Crippen LogP contribution in [0.2, 0.25) is 0 Å². The van der Waals surface area contributed by atoms with E-state index in [2.05, 4.69) is 56.9 Å². The van der Waals surface area contributed by atoms with Crippen molar-refractivity contribution in [2.45, 2.75) is 8.94 Å². The number of thiocarbonyl (C=S) groups is 1. The second-order valence-electron chi connectivity index (χ2n) is 4.73. The Morgan fingerprint density at radius 1 is 1.21 bits per heavy atom. The van der Waals surface area contributed by atoms with Crippen LogP contribution in [0.25, 0.3) is 0 Å². The number of fused-ring (bicyclic) bond motifs is 1. The fraction of sp³-hybridized carbons (Fsp3) is 0.462. The topological polar surface area (TPSA) is 12.5 Å². The molecule has 0 amide bonds. The predicted molar refractivity (Wildman–Crippen MR) is 96.2 cm³/mol. The second-order valence-corrected chi connectivity index (χ2v) is 32.7. The van der Waals surface area contributed by atoms with Gasteiger partial charge in [0.05, 0.1) is 0 Å². The molecule has 0 unspecified atom stereocenters. The minimum atomic E-state index is -1.95. The maximum absolute atomic E-state index is 5.67. The number of halogens is 1. The third-order valence-electron chi connectivity index (χ3n) is 3.35. The molecule has 2 aliphatic heterocycles. The van der Waals surface area contributed by atoms with E-state index < -0.39 is 12.9 Å². The summed E-state index contributed by atoms with van der Waals surface area (Å²) in [5, 5.41) is 0. The van der Waals surface area contributed by atoms with Crippen molar-refractivity contribution in [3.63, 3.8) is 0 Å². The number of nitrogens with zero attached hydrogens (tertiary/aromatic N) is 1. The first-order valence-corrected chi connectivity index (χ1v) is 20.4. The Hall–Kier alpha value is 0.940. The van der Waals surface area contributed by atoms with Gasteiger partial charge in [-0.2, -0.15) is 0 Å². The van der Waals surface area contributed by atoms with Gasteiger partial charge in [-0.3, -0.25) is 0 Å².